The Morgan fingerprint density at radius 2 is 1.76 bits per heavy atom. The molecule has 7 N–H and O–H groups in total. The molecule has 4 rings (SSSR count). The van der Waals surface area contributed by atoms with Gasteiger partial charge in [-0.05, 0) is 73.4 Å². The van der Waals surface area contributed by atoms with Crippen molar-refractivity contribution < 1.29 is 29.3 Å². The second-order valence-corrected chi connectivity index (χ2v) is 9.11. The Balaban J connectivity index is 1.61. The largest absolute Gasteiger partial charge is 0.508 e. The number of aromatic hydroxyl groups is 1. The topological polar surface area (TPSA) is 175 Å². The number of benzene rings is 3. The third kappa shape index (κ3) is 5.90. The van der Waals surface area contributed by atoms with Crippen LogP contribution in [0.15, 0.2) is 63.8 Å². The van der Waals surface area contributed by atoms with Crippen LogP contribution in [-0.2, 0) is 4.79 Å². The van der Waals surface area contributed by atoms with Crippen LogP contribution < -0.4 is 21.8 Å². The zero-order valence-corrected chi connectivity index (χ0v) is 20.9. The molecule has 0 radical (unpaired) electrons. The Hall–Kier alpha value is -4.48. The summed E-state index contributed by atoms with van der Waals surface area (Å²) >= 11 is 5.31. The fourth-order valence-electron chi connectivity index (χ4n) is 4.16. The zero-order chi connectivity index (χ0) is 27.4. The van der Waals surface area contributed by atoms with Gasteiger partial charge >= 0.3 is 11.9 Å². The summed E-state index contributed by atoms with van der Waals surface area (Å²) in [4.78, 5) is 35.1. The van der Waals surface area contributed by atoms with Crippen molar-refractivity contribution in [3.05, 3.63) is 70.4 Å². The summed E-state index contributed by atoms with van der Waals surface area (Å²) in [5.74, 6) is -1.97. The molecule has 10 nitrogen and oxygen atoms in total. The molecule has 1 aliphatic heterocycles. The molecule has 1 aliphatic carbocycles. The van der Waals surface area contributed by atoms with Crippen LogP contribution in [0.5, 0.6) is 5.75 Å². The average molecular weight is 536 g/mol. The van der Waals surface area contributed by atoms with E-state index in [0.29, 0.717) is 59.2 Å². The maximum Gasteiger partial charge on any atom is 0.336 e. The first-order valence-electron chi connectivity index (χ1n) is 11.7. The van der Waals surface area contributed by atoms with Gasteiger partial charge in [-0.15, -0.1) is 0 Å². The van der Waals surface area contributed by atoms with Crippen molar-refractivity contribution in [2.45, 2.75) is 25.3 Å². The minimum atomic E-state index is -1.17. The van der Waals surface area contributed by atoms with Crippen LogP contribution in [0.3, 0.4) is 0 Å². The average Bonchev–Trinajstić information content (AvgIpc) is 2.86. The maximum absolute atomic E-state index is 12.3. The molecule has 11 heteroatoms. The summed E-state index contributed by atoms with van der Waals surface area (Å²) in [5.41, 5.74) is 7.45. The number of carboxylic acids is 2. The minimum Gasteiger partial charge on any atom is -0.508 e. The van der Waals surface area contributed by atoms with Crippen LogP contribution >= 0.6 is 12.2 Å². The lowest BCUT2D eigenvalue weighted by Crippen LogP contribution is -2.31. The number of thiocarbonyl (C=S) groups is 1. The van der Waals surface area contributed by atoms with Crippen LogP contribution in [0.2, 0.25) is 0 Å². The molecule has 2 aliphatic rings. The summed E-state index contributed by atoms with van der Waals surface area (Å²) in [6, 6.07) is 12.7. The third-order valence-electron chi connectivity index (χ3n) is 6.00. The first-order valence-corrected chi connectivity index (χ1v) is 12.2. The van der Waals surface area contributed by atoms with E-state index in [4.69, 9.17) is 27.5 Å². The van der Waals surface area contributed by atoms with E-state index >= 15 is 0 Å². The lowest BCUT2D eigenvalue weighted by Gasteiger charge is -2.18. The van der Waals surface area contributed by atoms with Gasteiger partial charge in [-0.1, -0.05) is 6.07 Å². The van der Waals surface area contributed by atoms with Gasteiger partial charge in [0, 0.05) is 40.9 Å². The number of nitrogens with one attached hydrogen (secondary N) is 2. The fourth-order valence-corrected chi connectivity index (χ4v) is 4.38. The number of hydrogen-bond acceptors (Lipinski definition) is 7. The van der Waals surface area contributed by atoms with E-state index in [2.05, 4.69) is 10.6 Å². The van der Waals surface area contributed by atoms with E-state index in [-0.39, 0.29) is 27.6 Å². The standard InChI is InChI=1S/C27H25N3O7S/c28-21(26(35)36)3-1-2-10-29-27(38)30-14-4-7-17(20(11-14)25(33)34)24-18-8-5-15(31)12-22(18)37-23-13-16(32)6-9-19(23)24/h4-9,11-13,21,31H,1-3,10,28H2,(H,33,34)(H,35,36)(H2,29,30,38)/t21-/m0/s1. The molecule has 0 amide bonds. The Bertz CT molecular complexity index is 1570. The number of aliphatic carboxylic acids is 1. The number of aromatic carboxylic acids is 1. The van der Waals surface area contributed by atoms with Crippen LogP contribution in [0.25, 0.3) is 33.4 Å². The highest BCUT2D eigenvalue weighted by Crippen LogP contribution is 2.42. The molecule has 0 unspecified atom stereocenters. The highest BCUT2D eigenvalue weighted by Gasteiger charge is 2.22. The number of carbonyl (C=O) groups is 2. The number of nitrogens with two attached hydrogens (primary N) is 1. The predicted molar refractivity (Wildman–Crippen MR) is 147 cm³/mol. The Morgan fingerprint density at radius 3 is 2.50 bits per heavy atom. The summed E-state index contributed by atoms with van der Waals surface area (Å²) in [6.45, 7) is 0.488. The second-order valence-electron chi connectivity index (χ2n) is 8.70. The molecule has 0 saturated heterocycles. The molecule has 196 valence electrons. The molecular formula is C27H25N3O7S. The van der Waals surface area contributed by atoms with Crippen LogP contribution in [0, 0.1) is 0 Å². The number of hydrogen-bond donors (Lipinski definition) is 6. The van der Waals surface area contributed by atoms with Gasteiger partial charge in [-0.25, -0.2) is 4.79 Å². The van der Waals surface area contributed by atoms with Crippen molar-refractivity contribution >= 4 is 45.9 Å². The SMILES string of the molecule is N[C@@H](CCCCNC(=S)Nc1ccc(-c2c3ccc(=O)cc-3oc3cc(O)ccc23)c(C(=O)O)c1)C(=O)O. The smallest absolute Gasteiger partial charge is 0.336 e. The lowest BCUT2D eigenvalue weighted by molar-refractivity contribution is -0.138. The Labute approximate surface area is 222 Å². The van der Waals surface area contributed by atoms with Gasteiger partial charge in [0.25, 0.3) is 0 Å². The number of phenols is 1. The van der Waals surface area contributed by atoms with E-state index in [1.807, 2.05) is 0 Å². The van der Waals surface area contributed by atoms with Crippen molar-refractivity contribution in [3.8, 4) is 28.2 Å². The van der Waals surface area contributed by atoms with Crippen molar-refractivity contribution in [1.82, 2.24) is 5.32 Å². The lowest BCUT2D eigenvalue weighted by atomic mass is 9.90. The first-order chi connectivity index (χ1) is 18.1. The molecule has 0 spiro atoms. The van der Waals surface area contributed by atoms with Gasteiger partial charge in [0.05, 0.1) is 5.56 Å². The second kappa shape index (κ2) is 11.3. The summed E-state index contributed by atoms with van der Waals surface area (Å²) < 4.78 is 5.85. The summed E-state index contributed by atoms with van der Waals surface area (Å²) in [7, 11) is 0. The van der Waals surface area contributed by atoms with Crippen LogP contribution in [-0.4, -0.2) is 45.0 Å². The van der Waals surface area contributed by atoms with Crippen molar-refractivity contribution in [2.24, 2.45) is 5.73 Å². The third-order valence-corrected chi connectivity index (χ3v) is 6.25. The number of carboxylic acid groups (broad SMARTS) is 2. The van der Waals surface area contributed by atoms with E-state index in [0.717, 1.165) is 0 Å². The van der Waals surface area contributed by atoms with Gasteiger partial charge in [0.1, 0.15) is 23.1 Å². The van der Waals surface area contributed by atoms with E-state index < -0.39 is 18.0 Å². The quantitative estimate of drug-likeness (QED) is 0.104. The maximum atomic E-state index is 12.3. The van der Waals surface area contributed by atoms with E-state index in [9.17, 15) is 24.6 Å². The molecule has 0 aromatic heterocycles. The molecule has 1 heterocycles. The van der Waals surface area contributed by atoms with Gasteiger partial charge in [0.2, 0.25) is 0 Å². The Kier molecular flexibility index (Phi) is 7.89. The molecule has 0 saturated carbocycles. The summed E-state index contributed by atoms with van der Waals surface area (Å²) in [6.07, 6.45) is 1.62. The molecule has 38 heavy (non-hydrogen) atoms. The van der Waals surface area contributed by atoms with Crippen LogP contribution in [0.4, 0.5) is 5.69 Å². The monoisotopic (exact) mass is 535 g/mol. The molecule has 0 fully saturated rings. The fraction of sp³-hybridized carbons (Fsp3) is 0.185. The van der Waals surface area contributed by atoms with Gasteiger partial charge in [-0.3, -0.25) is 9.59 Å². The molecule has 2 aromatic rings. The number of fused-ring (bicyclic) bond motifs is 2. The number of unbranched alkanes of at least 4 members (excludes halogenated alkanes) is 1. The predicted octanol–water partition coefficient (Wildman–Crippen LogP) is 3.84. The molecule has 2 aromatic carbocycles. The number of phenolic OH excluding ortho intramolecular Hbond substituents is 1. The van der Waals surface area contributed by atoms with E-state index in [1.165, 1.54) is 30.3 Å². The van der Waals surface area contributed by atoms with Crippen molar-refractivity contribution in [1.29, 1.82) is 0 Å². The van der Waals surface area contributed by atoms with Gasteiger partial charge in [0.15, 0.2) is 10.5 Å². The number of anilines is 1. The Morgan fingerprint density at radius 1 is 1.00 bits per heavy atom. The van der Waals surface area contributed by atoms with E-state index in [1.54, 1.807) is 24.3 Å². The highest BCUT2D eigenvalue weighted by molar-refractivity contribution is 7.80. The first kappa shape index (κ1) is 26.6. The molecule has 0 bridgehead atoms. The normalized spacial score (nSPS) is 11.8. The van der Waals surface area contributed by atoms with Crippen molar-refractivity contribution in [3.63, 3.8) is 0 Å². The van der Waals surface area contributed by atoms with Gasteiger partial charge in [-0.2, -0.15) is 0 Å². The molecule has 1 atom stereocenters. The summed E-state index contributed by atoms with van der Waals surface area (Å²) in [5, 5.41) is 35.7. The van der Waals surface area contributed by atoms with Crippen molar-refractivity contribution in [2.75, 3.05) is 11.9 Å². The van der Waals surface area contributed by atoms with Gasteiger partial charge < -0.3 is 36.1 Å². The minimum absolute atomic E-state index is 0.00599. The highest BCUT2D eigenvalue weighted by atomic mass is 32.1. The van der Waals surface area contributed by atoms with Crippen LogP contribution in [0.1, 0.15) is 29.6 Å². The molecular weight excluding hydrogens is 510 g/mol. The number of rotatable bonds is 9. The zero-order valence-electron chi connectivity index (χ0n) is 20.1.